The van der Waals surface area contributed by atoms with Gasteiger partial charge in [0.2, 0.25) is 0 Å². The van der Waals surface area contributed by atoms with E-state index in [-0.39, 0.29) is 11.0 Å². The van der Waals surface area contributed by atoms with Gasteiger partial charge in [0.15, 0.2) is 5.11 Å². The molecule has 3 N–H and O–H groups in total. The first-order chi connectivity index (χ1) is 13.5. The Balaban J connectivity index is 1.50. The van der Waals surface area contributed by atoms with E-state index < -0.39 is 0 Å². The summed E-state index contributed by atoms with van der Waals surface area (Å²) in [6.45, 7) is 1.98. The number of hydrogen-bond donors (Lipinski definition) is 3. The highest BCUT2D eigenvalue weighted by Gasteiger charge is 2.16. The van der Waals surface area contributed by atoms with Gasteiger partial charge in [-0.15, -0.1) is 0 Å². The van der Waals surface area contributed by atoms with Crippen LogP contribution in [0.25, 0.3) is 0 Å². The topological polar surface area (TPSA) is 71.6 Å². The molecular formula is C21H25N3O3S. The molecular weight excluding hydrogens is 374 g/mol. The molecule has 0 atom stereocenters. The van der Waals surface area contributed by atoms with E-state index in [0.717, 1.165) is 29.8 Å². The summed E-state index contributed by atoms with van der Waals surface area (Å²) < 4.78 is 11.2. The number of carbonyl (C=O) groups excluding carboxylic acids is 1. The van der Waals surface area contributed by atoms with Crippen LogP contribution >= 0.6 is 12.2 Å². The Morgan fingerprint density at radius 1 is 1.07 bits per heavy atom. The van der Waals surface area contributed by atoms with Crippen molar-refractivity contribution in [2.24, 2.45) is 0 Å². The zero-order valence-corrected chi connectivity index (χ0v) is 16.9. The van der Waals surface area contributed by atoms with Gasteiger partial charge in [-0.1, -0.05) is 6.07 Å². The fourth-order valence-electron chi connectivity index (χ4n) is 3.14. The van der Waals surface area contributed by atoms with Crippen LogP contribution in [0.1, 0.15) is 41.6 Å². The van der Waals surface area contributed by atoms with Crippen LogP contribution in [0.3, 0.4) is 0 Å². The van der Waals surface area contributed by atoms with Crippen LogP contribution in [0.15, 0.2) is 42.5 Å². The number of rotatable bonds is 5. The van der Waals surface area contributed by atoms with E-state index in [9.17, 15) is 4.79 Å². The third-order valence-corrected chi connectivity index (χ3v) is 4.82. The number of carbonyl (C=O) groups is 1. The summed E-state index contributed by atoms with van der Waals surface area (Å²) in [5.74, 6) is 1.17. The van der Waals surface area contributed by atoms with Crippen LogP contribution in [0.5, 0.6) is 11.5 Å². The van der Waals surface area contributed by atoms with Crippen LogP contribution in [0, 0.1) is 6.92 Å². The Morgan fingerprint density at radius 3 is 2.46 bits per heavy atom. The average molecular weight is 400 g/mol. The molecule has 0 aromatic heterocycles. The molecule has 1 aliphatic rings. The number of benzene rings is 2. The fraction of sp³-hybridized carbons (Fsp3) is 0.333. The van der Waals surface area contributed by atoms with Gasteiger partial charge < -0.3 is 14.8 Å². The molecule has 3 rings (SSSR count). The molecule has 2 aromatic carbocycles. The predicted octanol–water partition coefficient (Wildman–Crippen LogP) is 3.96. The Morgan fingerprint density at radius 2 is 1.79 bits per heavy atom. The molecule has 1 aliphatic carbocycles. The first-order valence-electron chi connectivity index (χ1n) is 9.34. The number of hydrazine groups is 1. The van der Waals surface area contributed by atoms with E-state index in [1.165, 1.54) is 12.8 Å². The standard InChI is InChI=1S/C21H25N3O3S/c1-14-7-12-19(26-2)18(13-14)22-21(28)24-23-20(25)15-8-10-17(11-9-15)27-16-5-3-4-6-16/h7-13,16H,3-6H2,1-2H3,(H,23,25)(H2,22,24,28). The SMILES string of the molecule is COc1ccc(C)cc1NC(=S)NNC(=O)c1ccc(OC2CCCC2)cc1. The van der Waals surface area contributed by atoms with Crippen molar-refractivity contribution in [2.45, 2.75) is 38.7 Å². The molecule has 0 spiro atoms. The van der Waals surface area contributed by atoms with E-state index in [4.69, 9.17) is 21.7 Å². The minimum Gasteiger partial charge on any atom is -0.495 e. The van der Waals surface area contributed by atoms with Crippen molar-refractivity contribution in [3.63, 3.8) is 0 Å². The van der Waals surface area contributed by atoms with Crippen molar-refractivity contribution >= 4 is 28.9 Å². The molecule has 6 nitrogen and oxygen atoms in total. The number of methoxy groups -OCH3 is 1. The van der Waals surface area contributed by atoms with Crippen molar-refractivity contribution in [3.05, 3.63) is 53.6 Å². The van der Waals surface area contributed by atoms with Gasteiger partial charge in [0.25, 0.3) is 5.91 Å². The summed E-state index contributed by atoms with van der Waals surface area (Å²) in [5.41, 5.74) is 7.60. The third-order valence-electron chi connectivity index (χ3n) is 4.61. The Bertz CT molecular complexity index is 833. The normalized spacial score (nSPS) is 13.6. The summed E-state index contributed by atoms with van der Waals surface area (Å²) in [4.78, 5) is 12.3. The summed E-state index contributed by atoms with van der Waals surface area (Å²) in [6.07, 6.45) is 4.94. The number of hydrogen-bond acceptors (Lipinski definition) is 4. The number of nitrogens with one attached hydrogen (secondary N) is 3. The van der Waals surface area contributed by atoms with Gasteiger partial charge in [0, 0.05) is 5.56 Å². The molecule has 1 saturated carbocycles. The van der Waals surface area contributed by atoms with Crippen molar-refractivity contribution in [3.8, 4) is 11.5 Å². The number of ether oxygens (including phenoxy) is 2. The molecule has 28 heavy (non-hydrogen) atoms. The summed E-state index contributed by atoms with van der Waals surface area (Å²) >= 11 is 5.24. The Labute approximate surface area is 170 Å². The van der Waals surface area contributed by atoms with Gasteiger partial charge in [-0.3, -0.25) is 15.6 Å². The smallest absolute Gasteiger partial charge is 0.269 e. The lowest BCUT2D eigenvalue weighted by Gasteiger charge is -2.15. The molecule has 148 valence electrons. The van der Waals surface area contributed by atoms with Crippen molar-refractivity contribution in [2.75, 3.05) is 12.4 Å². The molecule has 1 fully saturated rings. The molecule has 0 saturated heterocycles. The number of amides is 1. The van der Waals surface area contributed by atoms with Crippen molar-refractivity contribution in [1.82, 2.24) is 10.9 Å². The lowest BCUT2D eigenvalue weighted by atomic mass is 10.2. The van der Waals surface area contributed by atoms with Gasteiger partial charge >= 0.3 is 0 Å². The molecule has 0 bridgehead atoms. The van der Waals surface area contributed by atoms with Gasteiger partial charge in [0.05, 0.1) is 18.9 Å². The summed E-state index contributed by atoms with van der Waals surface area (Å²) in [7, 11) is 1.59. The second kappa shape index (κ2) is 9.41. The molecule has 7 heteroatoms. The largest absolute Gasteiger partial charge is 0.495 e. The lowest BCUT2D eigenvalue weighted by Crippen LogP contribution is -2.43. The van der Waals surface area contributed by atoms with Crippen LogP contribution in [-0.2, 0) is 0 Å². The second-order valence-corrected chi connectivity index (χ2v) is 7.19. The zero-order valence-electron chi connectivity index (χ0n) is 16.1. The summed E-state index contributed by atoms with van der Waals surface area (Å²) in [5, 5.41) is 3.28. The summed E-state index contributed by atoms with van der Waals surface area (Å²) in [6, 6.07) is 12.8. The second-order valence-electron chi connectivity index (χ2n) is 6.79. The maximum absolute atomic E-state index is 12.3. The monoisotopic (exact) mass is 399 g/mol. The van der Waals surface area contributed by atoms with Gasteiger partial charge in [-0.05, 0) is 86.8 Å². The van der Waals surface area contributed by atoms with Gasteiger partial charge in [-0.2, -0.15) is 0 Å². The minimum absolute atomic E-state index is 0.262. The van der Waals surface area contributed by atoms with E-state index >= 15 is 0 Å². The highest BCUT2D eigenvalue weighted by Crippen LogP contribution is 2.25. The van der Waals surface area contributed by atoms with Crippen molar-refractivity contribution in [1.29, 1.82) is 0 Å². The quantitative estimate of drug-likeness (QED) is 0.522. The van der Waals surface area contributed by atoms with Gasteiger partial charge in [0.1, 0.15) is 11.5 Å². The molecule has 2 aromatic rings. The lowest BCUT2D eigenvalue weighted by molar-refractivity contribution is 0.0944. The van der Waals surface area contributed by atoms with Crippen LogP contribution in [-0.4, -0.2) is 24.2 Å². The van der Waals surface area contributed by atoms with E-state index in [2.05, 4.69) is 16.2 Å². The maximum atomic E-state index is 12.3. The fourth-order valence-corrected chi connectivity index (χ4v) is 3.30. The molecule has 1 amide bonds. The number of anilines is 1. The highest BCUT2D eigenvalue weighted by atomic mass is 32.1. The Hall–Kier alpha value is -2.80. The molecule has 0 unspecified atom stereocenters. The van der Waals surface area contributed by atoms with E-state index in [1.54, 1.807) is 19.2 Å². The first-order valence-corrected chi connectivity index (χ1v) is 9.74. The average Bonchev–Trinajstić information content (AvgIpc) is 3.20. The van der Waals surface area contributed by atoms with Crippen LogP contribution < -0.4 is 25.6 Å². The highest BCUT2D eigenvalue weighted by molar-refractivity contribution is 7.80. The van der Waals surface area contributed by atoms with Crippen LogP contribution in [0.4, 0.5) is 5.69 Å². The third kappa shape index (κ3) is 5.36. The molecule has 0 radical (unpaired) electrons. The molecule has 0 aliphatic heterocycles. The minimum atomic E-state index is -0.284. The van der Waals surface area contributed by atoms with Gasteiger partial charge in [-0.25, -0.2) is 0 Å². The first kappa shape index (κ1) is 19.9. The Kier molecular flexibility index (Phi) is 6.71. The number of thiocarbonyl (C=S) groups is 1. The van der Waals surface area contributed by atoms with Crippen LogP contribution in [0.2, 0.25) is 0 Å². The van der Waals surface area contributed by atoms with E-state index in [1.807, 2.05) is 37.3 Å². The maximum Gasteiger partial charge on any atom is 0.269 e. The number of aryl methyl sites for hydroxylation is 1. The predicted molar refractivity (Wildman–Crippen MR) is 114 cm³/mol. The molecule has 0 heterocycles. The zero-order chi connectivity index (χ0) is 19.9. The van der Waals surface area contributed by atoms with E-state index in [0.29, 0.717) is 17.4 Å². The van der Waals surface area contributed by atoms with Crippen molar-refractivity contribution < 1.29 is 14.3 Å².